The average molecular weight is 417 g/mol. The molecule has 6 heteroatoms. The van der Waals surface area contributed by atoms with Crippen molar-refractivity contribution in [3.8, 4) is 0 Å². The van der Waals surface area contributed by atoms with E-state index in [0.717, 1.165) is 18.5 Å². The van der Waals surface area contributed by atoms with Gasteiger partial charge in [0.15, 0.2) is 5.78 Å². The first-order chi connectivity index (χ1) is 15.0. The van der Waals surface area contributed by atoms with Crippen LogP contribution >= 0.6 is 0 Å². The van der Waals surface area contributed by atoms with Crippen molar-refractivity contribution in [1.82, 2.24) is 9.88 Å². The van der Waals surface area contributed by atoms with E-state index in [2.05, 4.69) is 20.5 Å². The zero-order valence-corrected chi connectivity index (χ0v) is 18.1. The molecule has 1 heterocycles. The number of ketones is 1. The first-order valence-electron chi connectivity index (χ1n) is 10.3. The van der Waals surface area contributed by atoms with Crippen LogP contribution in [-0.4, -0.2) is 42.2 Å². The molecule has 31 heavy (non-hydrogen) atoms. The summed E-state index contributed by atoms with van der Waals surface area (Å²) in [4.78, 5) is 31.2. The summed E-state index contributed by atoms with van der Waals surface area (Å²) in [5.74, 6) is -0.167. The summed E-state index contributed by atoms with van der Waals surface area (Å²) in [5, 5.41) is 6.35. The third-order valence-corrected chi connectivity index (χ3v) is 4.94. The van der Waals surface area contributed by atoms with E-state index in [1.165, 1.54) is 6.92 Å². The van der Waals surface area contributed by atoms with Crippen LogP contribution in [0.5, 0.6) is 0 Å². The Kier molecular flexibility index (Phi) is 7.51. The summed E-state index contributed by atoms with van der Waals surface area (Å²) < 4.78 is 0. The fourth-order valence-corrected chi connectivity index (χ4v) is 3.44. The molecule has 0 aliphatic carbocycles. The summed E-state index contributed by atoms with van der Waals surface area (Å²) in [6.07, 6.45) is 4.09. The average Bonchev–Trinajstić information content (AvgIpc) is 2.77. The molecule has 0 bridgehead atoms. The lowest BCUT2D eigenvalue weighted by Crippen LogP contribution is -2.22. The van der Waals surface area contributed by atoms with Gasteiger partial charge in [0.2, 0.25) is 5.91 Å². The van der Waals surface area contributed by atoms with E-state index in [-0.39, 0.29) is 17.7 Å². The van der Waals surface area contributed by atoms with Gasteiger partial charge in [-0.3, -0.25) is 14.6 Å². The van der Waals surface area contributed by atoms with Gasteiger partial charge < -0.3 is 15.5 Å². The van der Waals surface area contributed by atoms with Crippen molar-refractivity contribution >= 4 is 23.1 Å². The lowest BCUT2D eigenvalue weighted by Gasteiger charge is -2.25. The van der Waals surface area contributed by atoms with E-state index >= 15 is 0 Å². The van der Waals surface area contributed by atoms with Gasteiger partial charge in [0.1, 0.15) is 0 Å². The Labute approximate surface area is 183 Å². The van der Waals surface area contributed by atoms with E-state index in [0.29, 0.717) is 22.5 Å². The third-order valence-electron chi connectivity index (χ3n) is 4.94. The molecule has 0 spiro atoms. The topological polar surface area (TPSA) is 74.3 Å². The zero-order valence-electron chi connectivity index (χ0n) is 18.1. The summed E-state index contributed by atoms with van der Waals surface area (Å²) in [6.45, 7) is 2.29. The van der Waals surface area contributed by atoms with E-state index in [1.54, 1.807) is 18.5 Å². The fourth-order valence-electron chi connectivity index (χ4n) is 3.44. The zero-order chi connectivity index (χ0) is 22.2. The highest BCUT2D eigenvalue weighted by Crippen LogP contribution is 2.30. The van der Waals surface area contributed by atoms with Gasteiger partial charge in [0, 0.05) is 24.2 Å². The smallest absolute Gasteiger partial charge is 0.221 e. The molecule has 0 fully saturated rings. The molecule has 3 rings (SSSR count). The highest BCUT2D eigenvalue weighted by Gasteiger charge is 2.21. The molecule has 1 unspecified atom stereocenters. The highest BCUT2D eigenvalue weighted by atomic mass is 16.1. The molecule has 2 aromatic carbocycles. The maximum absolute atomic E-state index is 13.3. The van der Waals surface area contributed by atoms with Crippen molar-refractivity contribution in [2.45, 2.75) is 19.4 Å². The predicted octanol–water partition coefficient (Wildman–Crippen LogP) is 4.38. The minimum Gasteiger partial charge on any atom is -0.375 e. The highest BCUT2D eigenvalue weighted by molar-refractivity contribution is 6.10. The molecule has 0 saturated heterocycles. The number of aromatic nitrogens is 1. The summed E-state index contributed by atoms with van der Waals surface area (Å²) in [7, 11) is 4.04. The number of rotatable bonds is 9. The second-order valence-corrected chi connectivity index (χ2v) is 7.67. The quantitative estimate of drug-likeness (QED) is 0.507. The van der Waals surface area contributed by atoms with Crippen molar-refractivity contribution in [2.75, 3.05) is 31.3 Å². The van der Waals surface area contributed by atoms with Gasteiger partial charge in [-0.05, 0) is 38.7 Å². The number of amides is 1. The van der Waals surface area contributed by atoms with E-state index in [9.17, 15) is 9.59 Å². The largest absolute Gasteiger partial charge is 0.375 e. The van der Waals surface area contributed by atoms with Gasteiger partial charge >= 0.3 is 0 Å². The Morgan fingerprint density at radius 2 is 1.68 bits per heavy atom. The predicted molar refractivity (Wildman–Crippen MR) is 124 cm³/mol. The lowest BCUT2D eigenvalue weighted by molar-refractivity contribution is -0.114. The van der Waals surface area contributed by atoms with Crippen molar-refractivity contribution in [3.63, 3.8) is 0 Å². The third kappa shape index (κ3) is 5.99. The summed E-state index contributed by atoms with van der Waals surface area (Å²) in [5.41, 5.74) is 3.60. The lowest BCUT2D eigenvalue weighted by atomic mass is 9.92. The van der Waals surface area contributed by atoms with Gasteiger partial charge in [-0.1, -0.05) is 54.6 Å². The molecule has 0 aliphatic rings. The van der Waals surface area contributed by atoms with Crippen LogP contribution in [0.1, 0.15) is 40.9 Å². The monoisotopic (exact) mass is 416 g/mol. The van der Waals surface area contributed by atoms with Gasteiger partial charge in [0.05, 0.1) is 23.6 Å². The van der Waals surface area contributed by atoms with Crippen LogP contribution in [0.15, 0.2) is 73.1 Å². The Morgan fingerprint density at radius 1 is 0.968 bits per heavy atom. The summed E-state index contributed by atoms with van der Waals surface area (Å²) >= 11 is 0. The standard InChI is InChI=1S/C25H28N4O2/c1-18(30)27-23-13-15-26-17-24(23)28-22(14-16-29(2)3)20-11-7-8-12-21(20)25(31)19-9-5-4-6-10-19/h4-13,15,17,22,28H,14,16H2,1-3H3,(H,26,27,30). The fraction of sp³-hybridized carbons (Fsp3) is 0.240. The van der Waals surface area contributed by atoms with Gasteiger partial charge in [-0.25, -0.2) is 0 Å². The molecule has 1 aromatic heterocycles. The molecule has 1 amide bonds. The minimum atomic E-state index is -0.154. The van der Waals surface area contributed by atoms with Crippen molar-refractivity contribution < 1.29 is 9.59 Å². The Balaban J connectivity index is 1.99. The van der Waals surface area contributed by atoms with E-state index in [4.69, 9.17) is 0 Å². The summed E-state index contributed by atoms with van der Waals surface area (Å²) in [6, 6.07) is 18.6. The molecule has 0 radical (unpaired) electrons. The molecule has 6 nitrogen and oxygen atoms in total. The minimum absolute atomic E-state index is 0.0128. The van der Waals surface area contributed by atoms with Crippen LogP contribution in [0.3, 0.4) is 0 Å². The molecule has 0 aliphatic heterocycles. The molecule has 0 saturated carbocycles. The molecule has 1 atom stereocenters. The maximum atomic E-state index is 13.3. The van der Waals surface area contributed by atoms with E-state index < -0.39 is 0 Å². The Morgan fingerprint density at radius 3 is 2.39 bits per heavy atom. The molecular weight excluding hydrogens is 388 g/mol. The number of benzene rings is 2. The maximum Gasteiger partial charge on any atom is 0.221 e. The van der Waals surface area contributed by atoms with Crippen LogP contribution in [0, 0.1) is 0 Å². The number of carbonyl (C=O) groups excluding carboxylic acids is 2. The van der Waals surface area contributed by atoms with Crippen LogP contribution in [0.25, 0.3) is 0 Å². The number of nitrogens with zero attached hydrogens (tertiary/aromatic N) is 2. The first kappa shape index (κ1) is 22.2. The second-order valence-electron chi connectivity index (χ2n) is 7.67. The molecular formula is C25H28N4O2. The van der Waals surface area contributed by atoms with Gasteiger partial charge in [-0.15, -0.1) is 0 Å². The van der Waals surface area contributed by atoms with Crippen molar-refractivity contribution in [1.29, 1.82) is 0 Å². The number of hydrogen-bond donors (Lipinski definition) is 2. The Bertz CT molecular complexity index is 1030. The normalized spacial score (nSPS) is 11.7. The molecule has 3 aromatic rings. The van der Waals surface area contributed by atoms with Crippen molar-refractivity contribution in [3.05, 3.63) is 89.7 Å². The van der Waals surface area contributed by atoms with Crippen LogP contribution in [0.4, 0.5) is 11.4 Å². The SMILES string of the molecule is CC(=O)Nc1ccncc1NC(CCN(C)C)c1ccccc1C(=O)c1ccccc1. The van der Waals surface area contributed by atoms with Crippen LogP contribution < -0.4 is 10.6 Å². The van der Waals surface area contributed by atoms with Crippen LogP contribution in [0.2, 0.25) is 0 Å². The van der Waals surface area contributed by atoms with Crippen molar-refractivity contribution in [2.24, 2.45) is 0 Å². The number of carbonyl (C=O) groups is 2. The number of anilines is 2. The Hall–Kier alpha value is -3.51. The van der Waals surface area contributed by atoms with E-state index in [1.807, 2.05) is 68.7 Å². The number of nitrogens with one attached hydrogen (secondary N) is 2. The molecule has 2 N–H and O–H groups in total. The number of hydrogen-bond acceptors (Lipinski definition) is 5. The first-order valence-corrected chi connectivity index (χ1v) is 10.3. The number of pyridine rings is 1. The second kappa shape index (κ2) is 10.5. The molecule has 160 valence electrons. The van der Waals surface area contributed by atoms with Crippen LogP contribution in [-0.2, 0) is 4.79 Å². The van der Waals surface area contributed by atoms with Gasteiger partial charge in [-0.2, -0.15) is 0 Å². The van der Waals surface area contributed by atoms with Gasteiger partial charge in [0.25, 0.3) is 0 Å².